The first kappa shape index (κ1) is 21.6. The average molecular weight is 403 g/mol. The van der Waals surface area contributed by atoms with Gasteiger partial charge in [0.25, 0.3) is 0 Å². The summed E-state index contributed by atoms with van der Waals surface area (Å²) in [5.74, 6) is 0. The van der Waals surface area contributed by atoms with Gasteiger partial charge in [0.2, 0.25) is 0 Å². The predicted molar refractivity (Wildman–Crippen MR) is 131 cm³/mol. The molecule has 2 aromatic carbocycles. The van der Waals surface area contributed by atoms with E-state index in [-0.39, 0.29) is 0 Å². The van der Waals surface area contributed by atoms with Gasteiger partial charge in [-0.3, -0.25) is 0 Å². The van der Waals surface area contributed by atoms with Crippen molar-refractivity contribution in [3.63, 3.8) is 0 Å². The van der Waals surface area contributed by atoms with E-state index in [2.05, 4.69) is 82.8 Å². The van der Waals surface area contributed by atoms with Crippen molar-refractivity contribution in [1.82, 2.24) is 4.90 Å². The van der Waals surface area contributed by atoms with Crippen molar-refractivity contribution in [3.8, 4) is 0 Å². The minimum Gasteiger partial charge on any atom is -0.397 e. The van der Waals surface area contributed by atoms with Crippen molar-refractivity contribution in [2.45, 2.75) is 13.8 Å². The molecule has 30 heavy (non-hydrogen) atoms. The number of benzene rings is 2. The van der Waals surface area contributed by atoms with Crippen LogP contribution in [0.5, 0.6) is 0 Å². The van der Waals surface area contributed by atoms with Crippen molar-refractivity contribution < 1.29 is 0 Å². The molecule has 0 unspecified atom stereocenters. The lowest BCUT2D eigenvalue weighted by Gasteiger charge is -2.38. The maximum Gasteiger partial charge on any atom is 0.0625 e. The number of rotatable bonds is 6. The highest BCUT2D eigenvalue weighted by molar-refractivity contribution is 5.69. The molecular weight excluding hydrogens is 368 g/mol. The molecule has 2 N–H and O–H groups in total. The molecule has 0 amide bonds. The Morgan fingerprint density at radius 3 is 2.07 bits per heavy atom. The van der Waals surface area contributed by atoms with Crippen LogP contribution in [0.4, 0.5) is 11.4 Å². The molecule has 1 heterocycles. The predicted octanol–water partition coefficient (Wildman–Crippen LogP) is 4.64. The SMILES string of the molecule is C=C(C)/C=C\C(=C(/N)c1ccc(N(C)C)cc1)N1CCN(c2ccc(C)cc2)CC1. The highest BCUT2D eigenvalue weighted by Crippen LogP contribution is 2.24. The Balaban J connectivity index is 1.82. The number of allylic oxidation sites excluding steroid dienone is 3. The number of aryl methyl sites for hydroxylation is 1. The van der Waals surface area contributed by atoms with Crippen molar-refractivity contribution in [2.24, 2.45) is 5.73 Å². The Morgan fingerprint density at radius 1 is 0.933 bits per heavy atom. The zero-order chi connectivity index (χ0) is 21.7. The van der Waals surface area contributed by atoms with E-state index in [1.807, 2.05) is 27.1 Å². The first-order valence-corrected chi connectivity index (χ1v) is 10.5. The van der Waals surface area contributed by atoms with Crippen LogP contribution in [0.3, 0.4) is 0 Å². The van der Waals surface area contributed by atoms with Gasteiger partial charge in [-0.15, -0.1) is 0 Å². The summed E-state index contributed by atoms with van der Waals surface area (Å²) in [7, 11) is 4.09. The van der Waals surface area contributed by atoms with Crippen molar-refractivity contribution in [3.05, 3.63) is 89.7 Å². The molecule has 0 spiro atoms. The number of nitrogens with two attached hydrogens (primary N) is 1. The fourth-order valence-electron chi connectivity index (χ4n) is 3.63. The van der Waals surface area contributed by atoms with E-state index in [0.29, 0.717) is 0 Å². The highest BCUT2D eigenvalue weighted by atomic mass is 15.3. The van der Waals surface area contributed by atoms with Crippen LogP contribution in [0.25, 0.3) is 5.70 Å². The van der Waals surface area contributed by atoms with Gasteiger partial charge in [-0.2, -0.15) is 0 Å². The maximum absolute atomic E-state index is 6.67. The van der Waals surface area contributed by atoms with E-state index in [1.165, 1.54) is 11.3 Å². The monoisotopic (exact) mass is 402 g/mol. The van der Waals surface area contributed by atoms with Crippen LogP contribution in [-0.4, -0.2) is 45.2 Å². The molecular formula is C26H34N4. The Hall–Kier alpha value is -3.14. The molecule has 0 aliphatic carbocycles. The van der Waals surface area contributed by atoms with E-state index in [4.69, 9.17) is 5.73 Å². The van der Waals surface area contributed by atoms with Crippen LogP contribution in [0.2, 0.25) is 0 Å². The molecule has 0 aromatic heterocycles. The van der Waals surface area contributed by atoms with E-state index in [1.54, 1.807) is 0 Å². The Morgan fingerprint density at radius 2 is 1.53 bits per heavy atom. The topological polar surface area (TPSA) is 35.7 Å². The largest absolute Gasteiger partial charge is 0.397 e. The van der Waals surface area contributed by atoms with Gasteiger partial charge in [0.05, 0.1) is 11.4 Å². The molecule has 4 nitrogen and oxygen atoms in total. The highest BCUT2D eigenvalue weighted by Gasteiger charge is 2.20. The van der Waals surface area contributed by atoms with Gasteiger partial charge in [-0.25, -0.2) is 0 Å². The van der Waals surface area contributed by atoms with Crippen molar-refractivity contribution in [2.75, 3.05) is 50.1 Å². The Bertz CT molecular complexity index is 913. The van der Waals surface area contributed by atoms with E-state index < -0.39 is 0 Å². The van der Waals surface area contributed by atoms with Gasteiger partial charge in [0, 0.05) is 51.6 Å². The summed E-state index contributed by atoms with van der Waals surface area (Å²) in [5.41, 5.74) is 14.4. The lowest BCUT2D eigenvalue weighted by molar-refractivity contribution is 0.331. The van der Waals surface area contributed by atoms with Gasteiger partial charge < -0.3 is 20.4 Å². The minimum atomic E-state index is 0.807. The summed E-state index contributed by atoms with van der Waals surface area (Å²) in [4.78, 5) is 6.92. The second kappa shape index (κ2) is 9.57. The minimum absolute atomic E-state index is 0.807. The maximum atomic E-state index is 6.67. The second-order valence-electron chi connectivity index (χ2n) is 8.23. The quantitative estimate of drug-likeness (QED) is 0.714. The smallest absolute Gasteiger partial charge is 0.0625 e. The zero-order valence-electron chi connectivity index (χ0n) is 18.7. The lowest BCUT2D eigenvalue weighted by atomic mass is 10.1. The summed E-state index contributed by atoms with van der Waals surface area (Å²) in [6, 6.07) is 17.2. The van der Waals surface area contributed by atoms with Gasteiger partial charge in [0.15, 0.2) is 0 Å². The van der Waals surface area contributed by atoms with Gasteiger partial charge in [-0.05, 0) is 49.8 Å². The number of anilines is 2. The third-order valence-corrected chi connectivity index (χ3v) is 5.52. The van der Waals surface area contributed by atoms with Gasteiger partial charge >= 0.3 is 0 Å². The van der Waals surface area contributed by atoms with Crippen LogP contribution >= 0.6 is 0 Å². The van der Waals surface area contributed by atoms with Crippen LogP contribution < -0.4 is 15.5 Å². The molecule has 0 radical (unpaired) electrons. The van der Waals surface area contributed by atoms with E-state index >= 15 is 0 Å². The molecule has 0 saturated carbocycles. The first-order chi connectivity index (χ1) is 14.3. The molecule has 2 aromatic rings. The molecule has 1 aliphatic rings. The molecule has 0 atom stereocenters. The molecule has 3 rings (SSSR count). The number of hydrogen-bond donors (Lipinski definition) is 1. The molecule has 1 fully saturated rings. The van der Waals surface area contributed by atoms with Crippen LogP contribution in [0.1, 0.15) is 18.1 Å². The van der Waals surface area contributed by atoms with Gasteiger partial charge in [0.1, 0.15) is 0 Å². The molecule has 158 valence electrons. The van der Waals surface area contributed by atoms with E-state index in [9.17, 15) is 0 Å². The number of nitrogens with zero attached hydrogens (tertiary/aromatic N) is 3. The Labute approximate surface area is 181 Å². The molecule has 1 saturated heterocycles. The number of hydrogen-bond acceptors (Lipinski definition) is 4. The molecule has 1 aliphatic heterocycles. The second-order valence-corrected chi connectivity index (χ2v) is 8.23. The van der Waals surface area contributed by atoms with Crippen LogP contribution in [-0.2, 0) is 0 Å². The molecule has 4 heteroatoms. The zero-order valence-corrected chi connectivity index (χ0v) is 18.7. The standard InChI is InChI=1S/C26H34N4/c1-20(2)6-15-25(26(27)22-9-13-23(14-10-22)28(4)5)30-18-16-29(17-19-30)24-11-7-21(3)8-12-24/h6-15H,1,16-19,27H2,2-5H3/b15-6-,26-25+. The summed E-state index contributed by atoms with van der Waals surface area (Å²) in [5, 5.41) is 0. The average Bonchev–Trinajstić information content (AvgIpc) is 2.74. The summed E-state index contributed by atoms with van der Waals surface area (Å²) in [6.45, 7) is 11.9. The molecule has 0 bridgehead atoms. The van der Waals surface area contributed by atoms with E-state index in [0.717, 1.165) is 54.4 Å². The third kappa shape index (κ3) is 5.26. The Kier molecular flexibility index (Phi) is 6.88. The summed E-state index contributed by atoms with van der Waals surface area (Å²) < 4.78 is 0. The van der Waals surface area contributed by atoms with Crippen molar-refractivity contribution in [1.29, 1.82) is 0 Å². The number of piperazine rings is 1. The van der Waals surface area contributed by atoms with Crippen LogP contribution in [0.15, 0.2) is 78.5 Å². The normalized spacial score (nSPS) is 15.3. The lowest BCUT2D eigenvalue weighted by Crippen LogP contribution is -2.46. The summed E-state index contributed by atoms with van der Waals surface area (Å²) in [6.07, 6.45) is 4.15. The first-order valence-electron chi connectivity index (χ1n) is 10.5. The third-order valence-electron chi connectivity index (χ3n) is 5.52. The van der Waals surface area contributed by atoms with Crippen LogP contribution in [0, 0.1) is 6.92 Å². The van der Waals surface area contributed by atoms with Crippen molar-refractivity contribution >= 4 is 17.1 Å². The van der Waals surface area contributed by atoms with Gasteiger partial charge in [-0.1, -0.05) is 48.1 Å². The fraction of sp³-hybridized carbons (Fsp3) is 0.308. The fourth-order valence-corrected chi connectivity index (χ4v) is 3.63. The summed E-state index contributed by atoms with van der Waals surface area (Å²) >= 11 is 0.